The van der Waals surface area contributed by atoms with Crippen molar-refractivity contribution in [2.45, 2.75) is 64.6 Å². The second-order valence-corrected chi connectivity index (χ2v) is 13.5. The standard InChI is InChI=1S/C37H43N3O5S/c1-6-45-35-18-11-10-17-33(35)40(46(43,44)32-21-19-28(4)20-22-32)26-36(41)39(25-31-16-12-13-29(5)23-31)34(37(42)38-27(2)3)24-30-14-8-7-9-15-30/h7-23,27,34H,6,24-26H2,1-5H3,(H,38,42)/t34-/m0/s1. The Labute approximate surface area is 273 Å². The molecule has 1 N–H and O–H groups in total. The van der Waals surface area contributed by atoms with E-state index >= 15 is 0 Å². The molecule has 46 heavy (non-hydrogen) atoms. The second-order valence-electron chi connectivity index (χ2n) is 11.6. The largest absolute Gasteiger partial charge is 0.492 e. The number of nitrogens with zero attached hydrogens (tertiary/aromatic N) is 2. The lowest BCUT2D eigenvalue weighted by molar-refractivity contribution is -0.140. The average Bonchev–Trinajstić information content (AvgIpc) is 3.02. The van der Waals surface area contributed by atoms with Gasteiger partial charge in [0.25, 0.3) is 10.0 Å². The Bertz CT molecular complexity index is 1720. The van der Waals surface area contributed by atoms with Gasteiger partial charge in [0.05, 0.1) is 17.2 Å². The number of sulfonamides is 1. The molecule has 0 saturated heterocycles. The highest BCUT2D eigenvalue weighted by molar-refractivity contribution is 7.92. The highest BCUT2D eigenvalue weighted by Crippen LogP contribution is 2.33. The Morgan fingerprint density at radius 1 is 0.804 bits per heavy atom. The minimum Gasteiger partial charge on any atom is -0.492 e. The number of hydrogen-bond donors (Lipinski definition) is 1. The first-order valence-corrected chi connectivity index (χ1v) is 16.9. The number of para-hydroxylation sites is 2. The molecule has 4 aromatic rings. The number of ether oxygens (including phenoxy) is 1. The Morgan fingerprint density at radius 2 is 1.46 bits per heavy atom. The van der Waals surface area contributed by atoms with E-state index in [0.29, 0.717) is 12.4 Å². The van der Waals surface area contributed by atoms with Crippen LogP contribution in [0.1, 0.15) is 43.0 Å². The summed E-state index contributed by atoms with van der Waals surface area (Å²) in [6.45, 7) is 9.24. The number of hydrogen-bond acceptors (Lipinski definition) is 5. The van der Waals surface area contributed by atoms with Crippen molar-refractivity contribution in [3.05, 3.63) is 125 Å². The first-order valence-electron chi connectivity index (χ1n) is 15.5. The van der Waals surface area contributed by atoms with Crippen LogP contribution in [0.15, 0.2) is 108 Å². The molecule has 0 unspecified atom stereocenters. The summed E-state index contributed by atoms with van der Waals surface area (Å²) in [6.07, 6.45) is 0.247. The molecule has 0 bridgehead atoms. The van der Waals surface area contributed by atoms with Gasteiger partial charge < -0.3 is 15.0 Å². The van der Waals surface area contributed by atoms with Gasteiger partial charge in [0.1, 0.15) is 18.3 Å². The van der Waals surface area contributed by atoms with Gasteiger partial charge in [-0.15, -0.1) is 0 Å². The number of carbonyl (C=O) groups excluding carboxylic acids is 2. The van der Waals surface area contributed by atoms with Crippen LogP contribution < -0.4 is 14.4 Å². The molecule has 0 saturated carbocycles. The summed E-state index contributed by atoms with van der Waals surface area (Å²) in [5.74, 6) is -0.511. The molecule has 2 amide bonds. The fourth-order valence-electron chi connectivity index (χ4n) is 5.23. The van der Waals surface area contributed by atoms with Crippen LogP contribution >= 0.6 is 0 Å². The summed E-state index contributed by atoms with van der Waals surface area (Å²) >= 11 is 0. The predicted octanol–water partition coefficient (Wildman–Crippen LogP) is 6.06. The topological polar surface area (TPSA) is 96.0 Å². The van der Waals surface area contributed by atoms with Gasteiger partial charge in [0.15, 0.2) is 0 Å². The molecule has 1 atom stereocenters. The van der Waals surface area contributed by atoms with Crippen LogP contribution in [0.4, 0.5) is 5.69 Å². The molecule has 0 radical (unpaired) electrons. The van der Waals surface area contributed by atoms with Crippen LogP contribution in [0, 0.1) is 13.8 Å². The molecule has 0 spiro atoms. The van der Waals surface area contributed by atoms with E-state index in [1.54, 1.807) is 36.4 Å². The fourth-order valence-corrected chi connectivity index (χ4v) is 6.66. The number of benzene rings is 4. The highest BCUT2D eigenvalue weighted by Gasteiger charge is 2.35. The van der Waals surface area contributed by atoms with Crippen molar-refractivity contribution in [3.8, 4) is 5.75 Å². The van der Waals surface area contributed by atoms with Gasteiger partial charge >= 0.3 is 0 Å². The van der Waals surface area contributed by atoms with Crippen molar-refractivity contribution in [3.63, 3.8) is 0 Å². The summed E-state index contributed by atoms with van der Waals surface area (Å²) in [7, 11) is -4.24. The van der Waals surface area contributed by atoms with Gasteiger partial charge in [0.2, 0.25) is 11.8 Å². The SMILES string of the molecule is CCOc1ccccc1N(CC(=O)N(Cc1cccc(C)c1)[C@@H](Cc1ccccc1)C(=O)NC(C)C)S(=O)(=O)c1ccc(C)cc1. The molecule has 8 nitrogen and oxygen atoms in total. The summed E-state index contributed by atoms with van der Waals surface area (Å²) in [6, 6.07) is 29.4. The third-order valence-electron chi connectivity index (χ3n) is 7.46. The fraction of sp³-hybridized carbons (Fsp3) is 0.297. The number of nitrogens with one attached hydrogen (secondary N) is 1. The van der Waals surface area contributed by atoms with Crippen LogP contribution in [-0.2, 0) is 32.6 Å². The average molecular weight is 642 g/mol. The third-order valence-corrected chi connectivity index (χ3v) is 9.23. The molecule has 0 heterocycles. The molecule has 0 aliphatic heterocycles. The first-order chi connectivity index (χ1) is 22.0. The van der Waals surface area contributed by atoms with E-state index in [1.165, 1.54) is 17.0 Å². The number of aryl methyl sites for hydroxylation is 2. The van der Waals surface area contributed by atoms with Gasteiger partial charge in [-0.25, -0.2) is 8.42 Å². The molecule has 0 fully saturated rings. The Morgan fingerprint density at radius 3 is 2.11 bits per heavy atom. The smallest absolute Gasteiger partial charge is 0.264 e. The summed E-state index contributed by atoms with van der Waals surface area (Å²) in [4.78, 5) is 30.0. The maximum Gasteiger partial charge on any atom is 0.264 e. The van der Waals surface area contributed by atoms with Crippen molar-refractivity contribution in [2.75, 3.05) is 17.5 Å². The van der Waals surface area contributed by atoms with E-state index in [4.69, 9.17) is 4.74 Å². The first kappa shape index (κ1) is 34.2. The van der Waals surface area contributed by atoms with Crippen molar-refractivity contribution >= 4 is 27.5 Å². The Kier molecular flexibility index (Phi) is 11.6. The van der Waals surface area contributed by atoms with Crippen LogP contribution in [0.5, 0.6) is 5.75 Å². The van der Waals surface area contributed by atoms with Crippen LogP contribution in [0.2, 0.25) is 0 Å². The minimum atomic E-state index is -4.24. The summed E-state index contributed by atoms with van der Waals surface area (Å²) < 4.78 is 35.6. The maximum absolute atomic E-state index is 14.6. The normalized spacial score (nSPS) is 12.0. The summed E-state index contributed by atoms with van der Waals surface area (Å²) in [5, 5.41) is 2.98. The molecular weight excluding hydrogens is 598 g/mol. The zero-order chi connectivity index (χ0) is 33.3. The predicted molar refractivity (Wildman–Crippen MR) is 182 cm³/mol. The Balaban J connectivity index is 1.84. The molecule has 242 valence electrons. The Hall–Kier alpha value is -4.63. The lowest BCUT2D eigenvalue weighted by Gasteiger charge is -2.34. The molecule has 0 aliphatic carbocycles. The van der Waals surface area contributed by atoms with Gasteiger partial charge in [0, 0.05) is 19.0 Å². The lowest BCUT2D eigenvalue weighted by atomic mass is 10.0. The van der Waals surface area contributed by atoms with Crippen molar-refractivity contribution in [1.29, 1.82) is 0 Å². The third kappa shape index (κ3) is 8.75. The van der Waals surface area contributed by atoms with Crippen molar-refractivity contribution < 1.29 is 22.7 Å². The van der Waals surface area contributed by atoms with Crippen LogP contribution in [-0.4, -0.2) is 50.4 Å². The maximum atomic E-state index is 14.6. The highest BCUT2D eigenvalue weighted by atomic mass is 32.2. The number of carbonyl (C=O) groups is 2. The van der Waals surface area contributed by atoms with Gasteiger partial charge in [-0.2, -0.15) is 0 Å². The van der Waals surface area contributed by atoms with Gasteiger partial charge in [-0.1, -0.05) is 90.0 Å². The molecule has 9 heteroatoms. The molecular formula is C37H43N3O5S. The number of anilines is 1. The monoisotopic (exact) mass is 641 g/mol. The van der Waals surface area contributed by atoms with E-state index < -0.39 is 28.5 Å². The van der Waals surface area contributed by atoms with Gasteiger partial charge in [-0.05, 0) is 70.0 Å². The van der Waals surface area contributed by atoms with E-state index in [9.17, 15) is 18.0 Å². The van der Waals surface area contributed by atoms with E-state index in [0.717, 1.165) is 26.6 Å². The van der Waals surface area contributed by atoms with E-state index in [2.05, 4.69) is 5.32 Å². The van der Waals surface area contributed by atoms with E-state index in [1.807, 2.05) is 89.2 Å². The van der Waals surface area contributed by atoms with Crippen molar-refractivity contribution in [1.82, 2.24) is 10.2 Å². The van der Waals surface area contributed by atoms with E-state index in [-0.39, 0.29) is 35.5 Å². The number of rotatable bonds is 14. The zero-order valence-corrected chi connectivity index (χ0v) is 28.0. The molecule has 4 aromatic carbocycles. The molecule has 0 aliphatic rings. The van der Waals surface area contributed by atoms with Crippen LogP contribution in [0.25, 0.3) is 0 Å². The quantitative estimate of drug-likeness (QED) is 0.181. The number of amides is 2. The zero-order valence-electron chi connectivity index (χ0n) is 27.1. The summed E-state index contributed by atoms with van der Waals surface area (Å²) in [5.41, 5.74) is 3.84. The van der Waals surface area contributed by atoms with Crippen LogP contribution in [0.3, 0.4) is 0 Å². The minimum absolute atomic E-state index is 0.0424. The molecule has 0 aromatic heterocycles. The molecule has 4 rings (SSSR count). The van der Waals surface area contributed by atoms with Gasteiger partial charge in [-0.3, -0.25) is 13.9 Å². The lowest BCUT2D eigenvalue weighted by Crippen LogP contribution is -2.54. The van der Waals surface area contributed by atoms with Crippen molar-refractivity contribution in [2.24, 2.45) is 0 Å². The second kappa shape index (κ2) is 15.6.